The monoisotopic (exact) mass is 292 g/mol. The van der Waals surface area contributed by atoms with Gasteiger partial charge < -0.3 is 9.47 Å². The molecule has 4 heteroatoms. The van der Waals surface area contributed by atoms with Gasteiger partial charge in [-0.1, -0.05) is 6.07 Å². The number of hydrogen-bond donors (Lipinski definition) is 0. The van der Waals surface area contributed by atoms with Gasteiger partial charge in [0.15, 0.2) is 0 Å². The molecule has 84 valence electrons. The molecule has 0 aliphatic carbocycles. The zero-order valence-corrected chi connectivity index (χ0v) is 11.1. The molecule has 1 aromatic rings. The maximum absolute atomic E-state index is 5.72. The topological polar surface area (TPSA) is 18.5 Å². The van der Waals surface area contributed by atoms with E-state index < -0.39 is 0 Å². The molecule has 0 N–H and O–H groups in total. The van der Waals surface area contributed by atoms with E-state index in [1.165, 1.54) is 0 Å². The van der Waals surface area contributed by atoms with Crippen molar-refractivity contribution in [3.05, 3.63) is 28.2 Å². The zero-order valence-electron chi connectivity index (χ0n) is 8.80. The van der Waals surface area contributed by atoms with Crippen LogP contribution in [0.25, 0.3) is 0 Å². The van der Waals surface area contributed by atoms with Crippen LogP contribution in [0.15, 0.2) is 22.7 Å². The Bertz CT molecular complexity index is 317. The van der Waals surface area contributed by atoms with Crippen molar-refractivity contribution in [1.82, 2.24) is 0 Å². The SMILES string of the molecule is COC(C)COc1ccc(CCl)cc1Br. The lowest BCUT2D eigenvalue weighted by molar-refractivity contribution is 0.0714. The Morgan fingerprint density at radius 2 is 2.20 bits per heavy atom. The molecule has 0 fully saturated rings. The van der Waals surface area contributed by atoms with Gasteiger partial charge in [0.25, 0.3) is 0 Å². The predicted octanol–water partition coefficient (Wildman–Crippen LogP) is 3.60. The molecule has 0 bridgehead atoms. The lowest BCUT2D eigenvalue weighted by Crippen LogP contribution is -2.16. The second-order valence-electron chi connectivity index (χ2n) is 3.26. The van der Waals surface area contributed by atoms with Crippen molar-refractivity contribution >= 4 is 27.5 Å². The van der Waals surface area contributed by atoms with Gasteiger partial charge in [-0.15, -0.1) is 11.6 Å². The van der Waals surface area contributed by atoms with Crippen molar-refractivity contribution in [1.29, 1.82) is 0 Å². The predicted molar refractivity (Wildman–Crippen MR) is 65.7 cm³/mol. The summed E-state index contributed by atoms with van der Waals surface area (Å²) in [5.74, 6) is 1.32. The van der Waals surface area contributed by atoms with Gasteiger partial charge in [0.2, 0.25) is 0 Å². The summed E-state index contributed by atoms with van der Waals surface area (Å²) in [5, 5.41) is 0. The first kappa shape index (κ1) is 12.8. The van der Waals surface area contributed by atoms with Crippen LogP contribution in [-0.4, -0.2) is 19.8 Å². The van der Waals surface area contributed by atoms with Gasteiger partial charge in [0, 0.05) is 13.0 Å². The third-order valence-electron chi connectivity index (χ3n) is 2.03. The summed E-state index contributed by atoms with van der Waals surface area (Å²) in [6.45, 7) is 2.50. The van der Waals surface area contributed by atoms with Crippen LogP contribution in [0.1, 0.15) is 12.5 Å². The van der Waals surface area contributed by atoms with Gasteiger partial charge >= 0.3 is 0 Å². The van der Waals surface area contributed by atoms with Gasteiger partial charge in [-0.2, -0.15) is 0 Å². The van der Waals surface area contributed by atoms with E-state index in [-0.39, 0.29) is 6.10 Å². The Hall–Kier alpha value is -0.250. The van der Waals surface area contributed by atoms with Crippen LogP contribution in [0, 0.1) is 0 Å². The van der Waals surface area contributed by atoms with Crippen LogP contribution in [0.3, 0.4) is 0 Å². The van der Waals surface area contributed by atoms with Crippen LogP contribution in [-0.2, 0) is 10.6 Å². The molecule has 0 amide bonds. The van der Waals surface area contributed by atoms with Crippen molar-refractivity contribution in [3.63, 3.8) is 0 Å². The number of halogens is 2. The summed E-state index contributed by atoms with van der Waals surface area (Å²) in [6, 6.07) is 5.81. The van der Waals surface area contributed by atoms with Crippen LogP contribution in [0.5, 0.6) is 5.75 Å². The Morgan fingerprint density at radius 1 is 1.47 bits per heavy atom. The second kappa shape index (κ2) is 6.36. The zero-order chi connectivity index (χ0) is 11.3. The lowest BCUT2D eigenvalue weighted by Gasteiger charge is -2.12. The summed E-state index contributed by atoms with van der Waals surface area (Å²) >= 11 is 9.16. The van der Waals surface area contributed by atoms with E-state index >= 15 is 0 Å². The Kier molecular flexibility index (Phi) is 5.43. The van der Waals surface area contributed by atoms with Crippen molar-refractivity contribution < 1.29 is 9.47 Å². The molecule has 0 aromatic heterocycles. The van der Waals surface area contributed by atoms with Gasteiger partial charge in [-0.3, -0.25) is 0 Å². The third-order valence-corrected chi connectivity index (χ3v) is 2.95. The number of benzene rings is 1. The Labute approximate surface area is 104 Å². The second-order valence-corrected chi connectivity index (χ2v) is 4.38. The number of alkyl halides is 1. The Morgan fingerprint density at radius 3 is 2.73 bits per heavy atom. The highest BCUT2D eigenvalue weighted by Crippen LogP contribution is 2.26. The average Bonchev–Trinajstić information content (AvgIpc) is 2.26. The number of methoxy groups -OCH3 is 1. The average molecular weight is 294 g/mol. The molecule has 0 aliphatic rings. The fourth-order valence-corrected chi connectivity index (χ4v) is 1.73. The molecule has 0 heterocycles. The standard InChI is InChI=1S/C11H14BrClO2/c1-8(14-2)7-15-11-4-3-9(6-13)5-10(11)12/h3-5,8H,6-7H2,1-2H3. The maximum Gasteiger partial charge on any atom is 0.133 e. The van der Waals surface area contributed by atoms with Crippen LogP contribution in [0.2, 0.25) is 0 Å². The summed E-state index contributed by atoms with van der Waals surface area (Å²) in [4.78, 5) is 0. The van der Waals surface area contributed by atoms with E-state index in [1.807, 2.05) is 25.1 Å². The van der Waals surface area contributed by atoms with Crippen molar-refractivity contribution in [2.24, 2.45) is 0 Å². The van der Waals surface area contributed by atoms with Crippen molar-refractivity contribution in [2.45, 2.75) is 18.9 Å². The molecule has 1 atom stereocenters. The van der Waals surface area contributed by atoms with Crippen LogP contribution >= 0.6 is 27.5 Å². The van der Waals surface area contributed by atoms with Crippen LogP contribution in [0.4, 0.5) is 0 Å². The molecule has 0 spiro atoms. The van der Waals surface area contributed by atoms with Gasteiger partial charge in [-0.05, 0) is 40.5 Å². The smallest absolute Gasteiger partial charge is 0.133 e. The molecule has 0 saturated carbocycles. The van der Waals surface area contributed by atoms with E-state index in [0.29, 0.717) is 12.5 Å². The molecule has 1 aromatic carbocycles. The highest BCUT2D eigenvalue weighted by Gasteiger charge is 2.05. The minimum atomic E-state index is 0.0876. The van der Waals surface area contributed by atoms with Crippen molar-refractivity contribution in [2.75, 3.05) is 13.7 Å². The Balaban J connectivity index is 2.62. The number of hydrogen-bond acceptors (Lipinski definition) is 2. The van der Waals surface area contributed by atoms with E-state index in [1.54, 1.807) is 7.11 Å². The first-order valence-electron chi connectivity index (χ1n) is 4.67. The first-order chi connectivity index (χ1) is 7.17. The lowest BCUT2D eigenvalue weighted by atomic mass is 10.2. The van der Waals surface area contributed by atoms with E-state index in [2.05, 4.69) is 15.9 Å². The van der Waals surface area contributed by atoms with Gasteiger partial charge in [0.1, 0.15) is 12.4 Å². The molecule has 1 rings (SSSR count). The largest absolute Gasteiger partial charge is 0.490 e. The van der Waals surface area contributed by atoms with E-state index in [9.17, 15) is 0 Å². The van der Waals surface area contributed by atoms with Crippen molar-refractivity contribution in [3.8, 4) is 5.75 Å². The first-order valence-corrected chi connectivity index (χ1v) is 6.00. The molecular formula is C11H14BrClO2. The molecule has 2 nitrogen and oxygen atoms in total. The normalized spacial score (nSPS) is 12.5. The molecule has 0 radical (unpaired) electrons. The van der Waals surface area contributed by atoms with Crippen LogP contribution < -0.4 is 4.74 Å². The summed E-state index contributed by atoms with van der Waals surface area (Å²) in [5.41, 5.74) is 1.07. The molecular weight excluding hydrogens is 279 g/mol. The maximum atomic E-state index is 5.72. The van der Waals surface area contributed by atoms with E-state index in [4.69, 9.17) is 21.1 Å². The molecule has 1 unspecified atom stereocenters. The molecule has 0 saturated heterocycles. The summed E-state index contributed by atoms with van der Waals surface area (Å²) in [6.07, 6.45) is 0.0876. The number of rotatable bonds is 5. The minimum Gasteiger partial charge on any atom is -0.490 e. The summed E-state index contributed by atoms with van der Waals surface area (Å²) < 4.78 is 11.6. The van der Waals surface area contributed by atoms with E-state index in [0.717, 1.165) is 15.8 Å². The van der Waals surface area contributed by atoms with Gasteiger partial charge in [-0.25, -0.2) is 0 Å². The minimum absolute atomic E-state index is 0.0876. The fourth-order valence-electron chi connectivity index (χ4n) is 1.02. The molecule has 0 aliphatic heterocycles. The molecule has 15 heavy (non-hydrogen) atoms. The summed E-state index contributed by atoms with van der Waals surface area (Å²) in [7, 11) is 1.67. The highest BCUT2D eigenvalue weighted by molar-refractivity contribution is 9.10. The van der Waals surface area contributed by atoms with Gasteiger partial charge in [0.05, 0.1) is 10.6 Å². The number of ether oxygens (including phenoxy) is 2. The third kappa shape index (κ3) is 4.01. The fraction of sp³-hybridized carbons (Fsp3) is 0.455. The quantitative estimate of drug-likeness (QED) is 0.772. The highest BCUT2D eigenvalue weighted by atomic mass is 79.9.